The van der Waals surface area contributed by atoms with Crippen molar-refractivity contribution >= 4 is 23.5 Å². The molecule has 1 heterocycles. The van der Waals surface area contributed by atoms with E-state index in [0.717, 1.165) is 5.56 Å². The molecule has 0 saturated carbocycles. The first-order valence-electron chi connectivity index (χ1n) is 10.6. The van der Waals surface area contributed by atoms with E-state index < -0.39 is 0 Å². The fraction of sp³-hybridized carbons (Fsp3) is 0.111. The lowest BCUT2D eigenvalue weighted by molar-refractivity contribution is 0.104. The number of carbonyl (C=O) groups is 1. The number of hydrogen-bond donors (Lipinski definition) is 1. The number of ketones is 1. The summed E-state index contributed by atoms with van der Waals surface area (Å²) in [6.07, 6.45) is 4.76. The highest BCUT2D eigenvalue weighted by Crippen LogP contribution is 2.38. The topological polar surface area (TPSA) is 82.6 Å². The average molecular weight is 491 g/mol. The zero-order chi connectivity index (χ0) is 24.9. The van der Waals surface area contributed by atoms with Crippen LogP contribution in [0.5, 0.6) is 17.2 Å². The monoisotopic (exact) mass is 490 g/mol. The molecule has 0 unspecified atom stereocenters. The van der Waals surface area contributed by atoms with Crippen LogP contribution >= 0.6 is 11.6 Å². The van der Waals surface area contributed by atoms with Crippen LogP contribution in [0.3, 0.4) is 0 Å². The van der Waals surface area contributed by atoms with Gasteiger partial charge in [-0.1, -0.05) is 41.9 Å². The normalized spacial score (nSPS) is 11.0. The number of methoxy groups -OCH3 is 3. The first-order valence-corrected chi connectivity index (χ1v) is 11.0. The number of allylic oxidation sites excluding steroid dienone is 1. The third kappa shape index (κ3) is 5.00. The number of hydrogen-bond acceptors (Lipinski definition) is 5. The van der Waals surface area contributed by atoms with Crippen LogP contribution in [-0.2, 0) is 0 Å². The maximum Gasteiger partial charge on any atom is 0.330 e. The molecule has 0 bridgehead atoms. The van der Waals surface area contributed by atoms with Crippen LogP contribution < -0.4 is 19.9 Å². The molecule has 7 nitrogen and oxygen atoms in total. The highest BCUT2D eigenvalue weighted by molar-refractivity contribution is 6.30. The molecule has 8 heteroatoms. The van der Waals surface area contributed by atoms with Crippen LogP contribution in [0.25, 0.3) is 23.0 Å². The Balaban J connectivity index is 1.65. The van der Waals surface area contributed by atoms with Crippen molar-refractivity contribution in [3.8, 4) is 34.2 Å². The molecule has 0 radical (unpaired) electrons. The highest BCUT2D eigenvalue weighted by atomic mass is 35.5. The molecule has 0 aliphatic heterocycles. The molecule has 0 amide bonds. The van der Waals surface area contributed by atoms with Crippen molar-refractivity contribution in [2.24, 2.45) is 0 Å². The number of ether oxygens (including phenoxy) is 3. The summed E-state index contributed by atoms with van der Waals surface area (Å²) in [6.45, 7) is 0. The minimum Gasteiger partial charge on any atom is -0.493 e. The van der Waals surface area contributed by atoms with Gasteiger partial charge in [-0.05, 0) is 48.0 Å². The van der Waals surface area contributed by atoms with Gasteiger partial charge in [0.05, 0.1) is 32.7 Å². The van der Waals surface area contributed by atoms with Gasteiger partial charge in [-0.15, -0.1) is 0 Å². The number of aromatic amines is 1. The zero-order valence-corrected chi connectivity index (χ0v) is 20.1. The Morgan fingerprint density at radius 3 is 2.26 bits per heavy atom. The van der Waals surface area contributed by atoms with E-state index in [1.54, 1.807) is 60.8 Å². The van der Waals surface area contributed by atoms with Crippen LogP contribution in [0.2, 0.25) is 5.02 Å². The third-order valence-electron chi connectivity index (χ3n) is 5.42. The fourth-order valence-corrected chi connectivity index (χ4v) is 3.85. The van der Waals surface area contributed by atoms with E-state index in [1.165, 1.54) is 32.0 Å². The number of aromatic nitrogens is 2. The van der Waals surface area contributed by atoms with Crippen LogP contribution in [0, 0.1) is 0 Å². The quantitative estimate of drug-likeness (QED) is 0.264. The van der Waals surface area contributed by atoms with Gasteiger partial charge in [-0.3, -0.25) is 9.36 Å². The van der Waals surface area contributed by atoms with Gasteiger partial charge in [0.2, 0.25) is 5.75 Å². The van der Waals surface area contributed by atoms with Crippen LogP contribution in [-0.4, -0.2) is 36.7 Å². The first kappa shape index (κ1) is 23.9. The standard InChI is InChI=1S/C27H23ClN2O5/c1-33-24-13-17(14-25(34-2)26(24)35-3)7-12-23(31)19-5-4-6-21(15-19)30-22(16-29-27(30)32)18-8-10-20(28)11-9-18/h4-16H,1-3H3,(H,29,32)/b12-7+. The van der Waals surface area contributed by atoms with Crippen molar-refractivity contribution < 1.29 is 19.0 Å². The van der Waals surface area contributed by atoms with E-state index in [4.69, 9.17) is 25.8 Å². The summed E-state index contributed by atoms with van der Waals surface area (Å²) in [6, 6.07) is 17.6. The summed E-state index contributed by atoms with van der Waals surface area (Å²) in [5.74, 6) is 1.22. The second-order valence-electron chi connectivity index (χ2n) is 7.53. The number of carbonyl (C=O) groups excluding carboxylic acids is 1. The summed E-state index contributed by atoms with van der Waals surface area (Å²) in [5.41, 5.74) is 2.86. The molecule has 0 saturated heterocycles. The minimum atomic E-state index is -0.312. The van der Waals surface area contributed by atoms with Crippen molar-refractivity contribution in [1.82, 2.24) is 9.55 Å². The molecule has 178 valence electrons. The summed E-state index contributed by atoms with van der Waals surface area (Å²) in [4.78, 5) is 28.3. The number of nitrogens with zero attached hydrogens (tertiary/aromatic N) is 1. The van der Waals surface area contributed by atoms with Gasteiger partial charge in [-0.2, -0.15) is 0 Å². The Kier molecular flexibility index (Phi) is 7.08. The lowest BCUT2D eigenvalue weighted by Crippen LogP contribution is -2.16. The number of nitrogens with one attached hydrogen (secondary N) is 1. The van der Waals surface area contributed by atoms with Gasteiger partial charge < -0.3 is 19.2 Å². The van der Waals surface area contributed by atoms with Gasteiger partial charge in [0.1, 0.15) is 0 Å². The van der Waals surface area contributed by atoms with Gasteiger partial charge >= 0.3 is 5.69 Å². The predicted molar refractivity (Wildman–Crippen MR) is 136 cm³/mol. The molecule has 0 spiro atoms. The lowest BCUT2D eigenvalue weighted by atomic mass is 10.1. The zero-order valence-electron chi connectivity index (χ0n) is 19.4. The Morgan fingerprint density at radius 1 is 0.943 bits per heavy atom. The molecule has 1 aromatic heterocycles. The molecule has 3 aromatic carbocycles. The predicted octanol–water partition coefficient (Wildman–Crippen LogP) is 5.41. The van der Waals surface area contributed by atoms with Crippen molar-refractivity contribution in [3.63, 3.8) is 0 Å². The summed E-state index contributed by atoms with van der Waals surface area (Å²) >= 11 is 6.00. The lowest BCUT2D eigenvalue weighted by Gasteiger charge is -2.12. The second-order valence-corrected chi connectivity index (χ2v) is 7.96. The summed E-state index contributed by atoms with van der Waals surface area (Å²) < 4.78 is 17.6. The van der Waals surface area contributed by atoms with E-state index in [2.05, 4.69) is 4.98 Å². The Hall–Kier alpha value is -4.23. The molecular weight excluding hydrogens is 468 g/mol. The molecular formula is C27H23ClN2O5. The van der Waals surface area contributed by atoms with E-state index in [-0.39, 0.29) is 11.5 Å². The Morgan fingerprint density at radius 2 is 1.63 bits per heavy atom. The molecule has 1 N–H and O–H groups in total. The largest absolute Gasteiger partial charge is 0.493 e. The Labute approximate surface area is 207 Å². The van der Waals surface area contributed by atoms with Gasteiger partial charge in [0, 0.05) is 22.3 Å². The molecule has 4 aromatic rings. The van der Waals surface area contributed by atoms with Crippen LogP contribution in [0.15, 0.2) is 77.7 Å². The van der Waals surface area contributed by atoms with Gasteiger partial charge in [0.15, 0.2) is 17.3 Å². The van der Waals surface area contributed by atoms with Crippen LogP contribution in [0.1, 0.15) is 15.9 Å². The molecule has 35 heavy (non-hydrogen) atoms. The van der Waals surface area contributed by atoms with Crippen LogP contribution in [0.4, 0.5) is 0 Å². The SMILES string of the molecule is COc1cc(/C=C/C(=O)c2cccc(-n3c(-c4ccc(Cl)cc4)c[nH]c3=O)c2)cc(OC)c1OC. The summed E-state index contributed by atoms with van der Waals surface area (Å²) in [7, 11) is 4.59. The summed E-state index contributed by atoms with van der Waals surface area (Å²) in [5, 5.41) is 0.602. The molecule has 0 fully saturated rings. The first-order chi connectivity index (χ1) is 16.9. The number of H-pyrrole nitrogens is 1. The van der Waals surface area contributed by atoms with Crippen molar-refractivity contribution in [2.75, 3.05) is 21.3 Å². The molecule has 0 aliphatic rings. The van der Waals surface area contributed by atoms with Gasteiger partial charge in [-0.25, -0.2) is 4.79 Å². The maximum atomic E-state index is 13.0. The van der Waals surface area contributed by atoms with Crippen molar-refractivity contribution in [1.29, 1.82) is 0 Å². The smallest absolute Gasteiger partial charge is 0.330 e. The third-order valence-corrected chi connectivity index (χ3v) is 5.67. The van der Waals surface area contributed by atoms with E-state index in [0.29, 0.717) is 44.8 Å². The maximum absolute atomic E-state index is 13.0. The molecule has 4 rings (SSSR count). The minimum absolute atomic E-state index is 0.225. The number of rotatable bonds is 8. The number of imidazole rings is 1. The Bertz CT molecular complexity index is 1430. The van der Waals surface area contributed by atoms with Crippen molar-refractivity contribution in [2.45, 2.75) is 0 Å². The van der Waals surface area contributed by atoms with Crippen molar-refractivity contribution in [3.05, 3.63) is 99.6 Å². The molecule has 0 aliphatic carbocycles. The number of benzene rings is 3. The second kappa shape index (κ2) is 10.4. The highest BCUT2D eigenvalue weighted by Gasteiger charge is 2.14. The molecule has 0 atom stereocenters. The van der Waals surface area contributed by atoms with E-state index in [1.807, 2.05) is 12.1 Å². The average Bonchev–Trinajstić information content (AvgIpc) is 3.28. The van der Waals surface area contributed by atoms with E-state index >= 15 is 0 Å². The number of halogens is 1. The van der Waals surface area contributed by atoms with Gasteiger partial charge in [0.25, 0.3) is 0 Å². The fourth-order valence-electron chi connectivity index (χ4n) is 3.72. The van der Waals surface area contributed by atoms with E-state index in [9.17, 15) is 9.59 Å².